The molecule has 2 fully saturated rings. The summed E-state index contributed by atoms with van der Waals surface area (Å²) in [7, 11) is 0. The number of carbonyl (C=O) groups is 1. The molecule has 0 aromatic heterocycles. The molecule has 1 N–H and O–H groups in total. The summed E-state index contributed by atoms with van der Waals surface area (Å²) >= 11 is 3.38. The highest BCUT2D eigenvalue weighted by Crippen LogP contribution is 2.48. The molecule has 2 atom stereocenters. The van der Waals surface area contributed by atoms with E-state index < -0.39 is 23.5 Å². The molecule has 0 bridgehead atoms. The monoisotopic (exact) mass is 427 g/mol. The van der Waals surface area contributed by atoms with Crippen LogP contribution in [0, 0.1) is 5.92 Å². The van der Waals surface area contributed by atoms with Crippen molar-refractivity contribution in [3.63, 3.8) is 0 Å². The van der Waals surface area contributed by atoms with Gasteiger partial charge in [-0.25, -0.2) is 9.18 Å². The maximum absolute atomic E-state index is 14.3. The summed E-state index contributed by atoms with van der Waals surface area (Å²) in [5.74, 6) is 0.155. The Balaban J connectivity index is 1.80. The first-order valence-electron chi connectivity index (χ1n) is 9.26. The van der Waals surface area contributed by atoms with Crippen LogP contribution in [0.25, 0.3) is 0 Å². The third-order valence-corrected chi connectivity index (χ3v) is 6.32. The predicted molar refractivity (Wildman–Crippen MR) is 102 cm³/mol. The molecule has 2 aliphatic rings. The lowest BCUT2D eigenvalue weighted by molar-refractivity contribution is -0.0493. The van der Waals surface area contributed by atoms with E-state index in [1.165, 1.54) is 0 Å². The third kappa shape index (κ3) is 3.77. The van der Waals surface area contributed by atoms with Gasteiger partial charge in [0.1, 0.15) is 11.3 Å². The zero-order valence-electron chi connectivity index (χ0n) is 15.5. The number of rotatable bonds is 4. The molecule has 1 saturated heterocycles. The van der Waals surface area contributed by atoms with Gasteiger partial charge in [-0.1, -0.05) is 41.9 Å². The smallest absolute Gasteiger partial charge is 0.410 e. The van der Waals surface area contributed by atoms with Crippen molar-refractivity contribution in [3.05, 3.63) is 34.3 Å². The van der Waals surface area contributed by atoms with Crippen LogP contribution in [-0.4, -0.2) is 40.0 Å². The number of halogens is 2. The van der Waals surface area contributed by atoms with Crippen LogP contribution in [0.4, 0.5) is 9.18 Å². The molecule has 4 nitrogen and oxygen atoms in total. The van der Waals surface area contributed by atoms with Gasteiger partial charge >= 0.3 is 6.09 Å². The maximum Gasteiger partial charge on any atom is 0.410 e. The standard InChI is InChI=1S/C20H27BrFNO3/c1-13(2)17-20(10-8-19(3,22)9-11-20)26-18(25)23(17)12-16(24)14-4-6-15(21)7-5-14/h4-7,13,16-17,24H,8-12H2,1-3H3. The van der Waals surface area contributed by atoms with Gasteiger partial charge in [0.25, 0.3) is 0 Å². The van der Waals surface area contributed by atoms with Crippen LogP contribution in [-0.2, 0) is 4.74 Å². The first-order valence-corrected chi connectivity index (χ1v) is 10.0. The fourth-order valence-corrected chi connectivity index (χ4v) is 4.68. The van der Waals surface area contributed by atoms with E-state index in [-0.39, 0.29) is 18.5 Å². The molecule has 1 aliphatic heterocycles. The number of hydrogen-bond acceptors (Lipinski definition) is 3. The van der Waals surface area contributed by atoms with Gasteiger partial charge in [-0.05, 0) is 56.2 Å². The topological polar surface area (TPSA) is 49.8 Å². The van der Waals surface area contributed by atoms with E-state index in [1.54, 1.807) is 11.8 Å². The second-order valence-corrected chi connectivity index (χ2v) is 9.17. The maximum atomic E-state index is 14.3. The molecule has 1 amide bonds. The van der Waals surface area contributed by atoms with Gasteiger partial charge in [0, 0.05) is 4.47 Å². The van der Waals surface area contributed by atoms with Crippen LogP contribution in [0.5, 0.6) is 0 Å². The lowest BCUT2D eigenvalue weighted by atomic mass is 9.71. The average Bonchev–Trinajstić information content (AvgIpc) is 2.83. The lowest BCUT2D eigenvalue weighted by Gasteiger charge is -2.43. The van der Waals surface area contributed by atoms with Crippen LogP contribution < -0.4 is 0 Å². The number of aliphatic hydroxyl groups is 1. The number of ether oxygens (including phenoxy) is 1. The number of benzene rings is 1. The van der Waals surface area contributed by atoms with E-state index in [0.717, 1.165) is 10.0 Å². The van der Waals surface area contributed by atoms with Crippen molar-refractivity contribution in [1.82, 2.24) is 4.90 Å². The Morgan fingerprint density at radius 3 is 2.38 bits per heavy atom. The van der Waals surface area contributed by atoms with Crippen LogP contribution in [0.2, 0.25) is 0 Å². The van der Waals surface area contributed by atoms with E-state index >= 15 is 0 Å². The highest BCUT2D eigenvalue weighted by molar-refractivity contribution is 9.10. The van der Waals surface area contributed by atoms with Gasteiger partial charge in [0.05, 0.1) is 18.7 Å². The highest BCUT2D eigenvalue weighted by Gasteiger charge is 2.57. The first kappa shape index (κ1) is 19.6. The summed E-state index contributed by atoms with van der Waals surface area (Å²) in [5, 5.41) is 10.6. The molecule has 3 rings (SSSR count). The predicted octanol–water partition coefficient (Wildman–Crippen LogP) is 5.00. The molecule has 1 aromatic carbocycles. The third-order valence-electron chi connectivity index (χ3n) is 5.79. The molecule has 6 heteroatoms. The first-order chi connectivity index (χ1) is 12.1. The van der Waals surface area contributed by atoms with Gasteiger partial charge in [0.2, 0.25) is 0 Å². The highest BCUT2D eigenvalue weighted by atomic mass is 79.9. The Bertz CT molecular complexity index is 652. The largest absolute Gasteiger partial charge is 0.441 e. The van der Waals surface area contributed by atoms with Crippen molar-refractivity contribution < 1.29 is 19.0 Å². The van der Waals surface area contributed by atoms with Crippen molar-refractivity contribution in [2.45, 2.75) is 69.9 Å². The van der Waals surface area contributed by atoms with E-state index in [9.17, 15) is 14.3 Å². The summed E-state index contributed by atoms with van der Waals surface area (Å²) in [5.41, 5.74) is -1.08. The number of alkyl halides is 1. The van der Waals surface area contributed by atoms with Crippen LogP contribution >= 0.6 is 15.9 Å². The van der Waals surface area contributed by atoms with Crippen molar-refractivity contribution >= 4 is 22.0 Å². The number of aliphatic hydroxyl groups excluding tert-OH is 1. The summed E-state index contributed by atoms with van der Waals surface area (Å²) in [6.45, 7) is 5.90. The zero-order valence-corrected chi connectivity index (χ0v) is 17.1. The Hall–Kier alpha value is -1.14. The quantitative estimate of drug-likeness (QED) is 0.735. The molecule has 1 aliphatic carbocycles. The second kappa shape index (κ2) is 7.12. The van der Waals surface area contributed by atoms with Crippen LogP contribution in [0.1, 0.15) is 58.1 Å². The Kier molecular flexibility index (Phi) is 5.37. The van der Waals surface area contributed by atoms with Gasteiger partial charge < -0.3 is 9.84 Å². The summed E-state index contributed by atoms with van der Waals surface area (Å²) in [6.07, 6.45) is 0.655. The number of nitrogens with zero attached hydrogens (tertiary/aromatic N) is 1. The molecular formula is C20H27BrFNO3. The second-order valence-electron chi connectivity index (χ2n) is 8.25. The van der Waals surface area contributed by atoms with Crippen molar-refractivity contribution in [2.75, 3.05) is 6.54 Å². The van der Waals surface area contributed by atoms with Crippen molar-refractivity contribution in [2.24, 2.45) is 5.92 Å². The Labute approximate surface area is 162 Å². The van der Waals surface area contributed by atoms with E-state index in [0.29, 0.717) is 25.7 Å². The molecule has 0 radical (unpaired) electrons. The number of amides is 1. The van der Waals surface area contributed by atoms with E-state index in [1.807, 2.05) is 24.3 Å². The molecule has 26 heavy (non-hydrogen) atoms. The van der Waals surface area contributed by atoms with Crippen molar-refractivity contribution in [3.8, 4) is 0 Å². The molecule has 1 saturated carbocycles. The molecule has 144 valence electrons. The summed E-state index contributed by atoms with van der Waals surface area (Å²) < 4.78 is 21.1. The minimum atomic E-state index is -1.19. The fourth-order valence-electron chi connectivity index (χ4n) is 4.41. The SMILES string of the molecule is CC(C)C1N(CC(O)c2ccc(Br)cc2)C(=O)OC12CCC(C)(F)CC2. The van der Waals surface area contributed by atoms with E-state index in [2.05, 4.69) is 29.8 Å². The van der Waals surface area contributed by atoms with Crippen molar-refractivity contribution in [1.29, 1.82) is 0 Å². The average molecular weight is 428 g/mol. The van der Waals surface area contributed by atoms with Gasteiger partial charge in [-0.3, -0.25) is 4.90 Å². The van der Waals surface area contributed by atoms with E-state index in [4.69, 9.17) is 4.74 Å². The molecule has 1 aromatic rings. The van der Waals surface area contributed by atoms with Gasteiger partial charge in [0.15, 0.2) is 0 Å². The number of β-amino-alcohol motifs (C(OH)–C–C–N with tert-alkyl or cyclic N) is 1. The molecular weight excluding hydrogens is 401 g/mol. The Morgan fingerprint density at radius 2 is 1.85 bits per heavy atom. The zero-order chi connectivity index (χ0) is 19.1. The van der Waals surface area contributed by atoms with Gasteiger partial charge in [-0.15, -0.1) is 0 Å². The molecule has 1 heterocycles. The summed E-state index contributed by atoms with van der Waals surface area (Å²) in [4.78, 5) is 14.3. The normalized spacial score (nSPS) is 33.0. The minimum absolute atomic E-state index is 0.155. The van der Waals surface area contributed by atoms with Crippen LogP contribution in [0.3, 0.4) is 0 Å². The molecule has 2 unspecified atom stereocenters. The molecule has 1 spiro atoms. The lowest BCUT2D eigenvalue weighted by Crippen LogP contribution is -2.52. The summed E-state index contributed by atoms with van der Waals surface area (Å²) in [6, 6.07) is 7.25. The number of hydrogen-bond donors (Lipinski definition) is 1. The minimum Gasteiger partial charge on any atom is -0.441 e. The van der Waals surface area contributed by atoms with Crippen LogP contribution in [0.15, 0.2) is 28.7 Å². The number of carbonyl (C=O) groups excluding carboxylic acids is 1. The van der Waals surface area contributed by atoms with Gasteiger partial charge in [-0.2, -0.15) is 0 Å². The fraction of sp³-hybridized carbons (Fsp3) is 0.650. The Morgan fingerprint density at radius 1 is 1.27 bits per heavy atom.